The smallest absolute Gasteiger partial charge is 0.291 e. The minimum absolute atomic E-state index is 0.224. The van der Waals surface area contributed by atoms with Gasteiger partial charge in [0.25, 0.3) is 5.91 Å². The molecule has 0 radical (unpaired) electrons. The van der Waals surface area contributed by atoms with Crippen LogP contribution in [0.1, 0.15) is 30.1 Å². The van der Waals surface area contributed by atoms with Crippen LogP contribution in [0.15, 0.2) is 10.8 Å². The zero-order valence-electron chi connectivity index (χ0n) is 9.44. The van der Waals surface area contributed by atoms with Crippen LogP contribution >= 0.6 is 0 Å². The topological polar surface area (TPSA) is 66.6 Å². The molecule has 0 atom stereocenters. The lowest BCUT2D eigenvalue weighted by Gasteiger charge is -2.24. The maximum Gasteiger partial charge on any atom is 0.291 e. The maximum absolute atomic E-state index is 11.8. The summed E-state index contributed by atoms with van der Waals surface area (Å²) < 4.78 is 4.98. The number of carbonyl (C=O) groups excluding carboxylic acids is 1. The Kier molecular flexibility index (Phi) is 3.14. The van der Waals surface area contributed by atoms with E-state index in [4.69, 9.17) is 4.42 Å². The average Bonchev–Trinajstić information content (AvgIpc) is 2.47. The molecule has 0 aliphatic carbocycles. The largest absolute Gasteiger partial charge is 0.438 e. The second-order valence-corrected chi connectivity index (χ2v) is 4.24. The number of carbonyl (C=O) groups is 1. The molecular weight excluding hydrogens is 196 g/mol. The fourth-order valence-electron chi connectivity index (χ4n) is 1.33. The first-order valence-electron chi connectivity index (χ1n) is 4.69. The number of hydrogen-bond donors (Lipinski definition) is 1. The molecule has 0 aliphatic rings. The summed E-state index contributed by atoms with van der Waals surface area (Å²) in [6.07, 6.45) is 1.24. The zero-order chi connectivity index (χ0) is 11.6. The molecule has 0 saturated heterocycles. The van der Waals surface area contributed by atoms with Crippen molar-refractivity contribution >= 4 is 5.91 Å². The second kappa shape index (κ2) is 4.02. The maximum atomic E-state index is 11.8. The molecule has 1 amide bonds. The summed E-state index contributed by atoms with van der Waals surface area (Å²) in [5.74, 6) is -0.0473. The molecule has 84 valence electrons. The molecule has 0 fully saturated rings. The van der Waals surface area contributed by atoms with Gasteiger partial charge in [-0.25, -0.2) is 4.98 Å². The van der Waals surface area contributed by atoms with Crippen molar-refractivity contribution in [2.45, 2.75) is 26.4 Å². The third-order valence-electron chi connectivity index (χ3n) is 1.91. The van der Waals surface area contributed by atoms with Gasteiger partial charge in [0.2, 0.25) is 5.76 Å². The molecule has 0 saturated carbocycles. The third kappa shape index (κ3) is 3.06. The molecule has 5 nitrogen and oxygen atoms in total. The fourth-order valence-corrected chi connectivity index (χ4v) is 1.33. The van der Waals surface area contributed by atoms with Gasteiger partial charge in [-0.3, -0.25) is 4.79 Å². The van der Waals surface area contributed by atoms with Crippen molar-refractivity contribution in [1.82, 2.24) is 9.88 Å². The van der Waals surface area contributed by atoms with Crippen molar-refractivity contribution < 1.29 is 14.3 Å². The number of aromatic nitrogens is 1. The van der Waals surface area contributed by atoms with Crippen molar-refractivity contribution in [3.05, 3.63) is 17.8 Å². The first-order valence-corrected chi connectivity index (χ1v) is 4.69. The molecule has 0 bridgehead atoms. The van der Waals surface area contributed by atoms with Gasteiger partial charge in [0, 0.05) is 13.6 Å². The highest BCUT2D eigenvalue weighted by Crippen LogP contribution is 2.11. The van der Waals surface area contributed by atoms with E-state index in [9.17, 15) is 9.90 Å². The Bertz CT molecular complexity index is 352. The number of aryl methyl sites for hydroxylation is 1. The number of aliphatic hydroxyl groups is 1. The summed E-state index contributed by atoms with van der Waals surface area (Å²) in [5.41, 5.74) is -0.360. The minimum Gasteiger partial charge on any atom is -0.438 e. The molecule has 1 aromatic rings. The summed E-state index contributed by atoms with van der Waals surface area (Å²) in [5, 5.41) is 9.56. The van der Waals surface area contributed by atoms with Crippen molar-refractivity contribution in [1.29, 1.82) is 0 Å². The summed E-state index contributed by atoms with van der Waals surface area (Å²) in [6.45, 7) is 5.23. The molecular formula is C10H16N2O3. The standard InChI is InChI=1S/C10H16N2O3/c1-7-8(15-6-11-7)9(13)12(4)5-10(2,3)14/h6,14H,5H2,1-4H3. The van der Waals surface area contributed by atoms with E-state index < -0.39 is 5.60 Å². The Labute approximate surface area is 88.7 Å². The van der Waals surface area contributed by atoms with Crippen LogP contribution in [-0.2, 0) is 0 Å². The Morgan fingerprint density at radius 1 is 1.67 bits per heavy atom. The van der Waals surface area contributed by atoms with Crippen LogP contribution in [0.3, 0.4) is 0 Å². The monoisotopic (exact) mass is 212 g/mol. The molecule has 0 aromatic carbocycles. The van der Waals surface area contributed by atoms with Crippen LogP contribution in [0.2, 0.25) is 0 Å². The zero-order valence-corrected chi connectivity index (χ0v) is 9.44. The van der Waals surface area contributed by atoms with Crippen LogP contribution < -0.4 is 0 Å². The third-order valence-corrected chi connectivity index (χ3v) is 1.91. The molecule has 1 heterocycles. The molecule has 0 aliphatic heterocycles. The minimum atomic E-state index is -0.918. The number of rotatable bonds is 3. The van der Waals surface area contributed by atoms with Gasteiger partial charge in [0.15, 0.2) is 6.39 Å². The van der Waals surface area contributed by atoms with Gasteiger partial charge >= 0.3 is 0 Å². The Morgan fingerprint density at radius 3 is 2.67 bits per heavy atom. The van der Waals surface area contributed by atoms with Gasteiger partial charge in [-0.05, 0) is 20.8 Å². The molecule has 1 aromatic heterocycles. The van der Waals surface area contributed by atoms with Gasteiger partial charge in [-0.15, -0.1) is 0 Å². The Morgan fingerprint density at radius 2 is 2.27 bits per heavy atom. The molecule has 1 rings (SSSR count). The van der Waals surface area contributed by atoms with E-state index in [1.807, 2.05) is 0 Å². The van der Waals surface area contributed by atoms with Gasteiger partial charge in [0.1, 0.15) is 0 Å². The molecule has 1 N–H and O–H groups in total. The van der Waals surface area contributed by atoms with E-state index in [1.54, 1.807) is 27.8 Å². The van der Waals surface area contributed by atoms with E-state index in [2.05, 4.69) is 4.98 Å². The lowest BCUT2D eigenvalue weighted by Crippen LogP contribution is -2.39. The van der Waals surface area contributed by atoms with E-state index in [0.717, 1.165) is 0 Å². The highest BCUT2D eigenvalue weighted by molar-refractivity contribution is 5.92. The summed E-state index contributed by atoms with van der Waals surface area (Å²) >= 11 is 0. The van der Waals surface area contributed by atoms with E-state index in [1.165, 1.54) is 11.3 Å². The number of oxazole rings is 1. The van der Waals surface area contributed by atoms with Crippen LogP contribution in [-0.4, -0.2) is 40.1 Å². The Hall–Kier alpha value is -1.36. The lowest BCUT2D eigenvalue weighted by molar-refractivity contribution is 0.0351. The number of amides is 1. The van der Waals surface area contributed by atoms with Crippen molar-refractivity contribution in [3.63, 3.8) is 0 Å². The molecule has 5 heteroatoms. The first-order chi connectivity index (χ1) is 6.81. The summed E-state index contributed by atoms with van der Waals surface area (Å²) in [7, 11) is 1.61. The van der Waals surface area contributed by atoms with Crippen molar-refractivity contribution in [2.75, 3.05) is 13.6 Å². The van der Waals surface area contributed by atoms with Gasteiger partial charge < -0.3 is 14.4 Å². The molecule has 15 heavy (non-hydrogen) atoms. The van der Waals surface area contributed by atoms with Crippen LogP contribution in [0, 0.1) is 6.92 Å². The summed E-state index contributed by atoms with van der Waals surface area (Å²) in [6, 6.07) is 0. The fraction of sp³-hybridized carbons (Fsp3) is 0.600. The van der Waals surface area contributed by atoms with Gasteiger partial charge in [-0.2, -0.15) is 0 Å². The second-order valence-electron chi connectivity index (χ2n) is 4.24. The lowest BCUT2D eigenvalue weighted by atomic mass is 10.1. The normalized spacial score (nSPS) is 11.5. The SMILES string of the molecule is Cc1ncoc1C(=O)N(C)CC(C)(C)O. The quantitative estimate of drug-likeness (QED) is 0.805. The molecule has 0 spiro atoms. The Balaban J connectivity index is 2.74. The van der Waals surface area contributed by atoms with Gasteiger partial charge in [-0.1, -0.05) is 0 Å². The van der Waals surface area contributed by atoms with Crippen molar-refractivity contribution in [3.8, 4) is 0 Å². The number of nitrogens with zero attached hydrogens (tertiary/aromatic N) is 2. The van der Waals surface area contributed by atoms with Crippen molar-refractivity contribution in [2.24, 2.45) is 0 Å². The van der Waals surface area contributed by atoms with E-state index in [0.29, 0.717) is 5.69 Å². The summed E-state index contributed by atoms with van der Waals surface area (Å²) in [4.78, 5) is 17.0. The highest BCUT2D eigenvalue weighted by Gasteiger charge is 2.23. The predicted molar refractivity (Wildman–Crippen MR) is 54.5 cm³/mol. The first kappa shape index (κ1) is 11.7. The predicted octanol–water partition coefficient (Wildman–Crippen LogP) is 0.826. The van der Waals surface area contributed by atoms with Crippen LogP contribution in [0.5, 0.6) is 0 Å². The average molecular weight is 212 g/mol. The molecule has 0 unspecified atom stereocenters. The van der Waals surface area contributed by atoms with Crippen LogP contribution in [0.4, 0.5) is 0 Å². The van der Waals surface area contributed by atoms with E-state index >= 15 is 0 Å². The van der Waals surface area contributed by atoms with E-state index in [-0.39, 0.29) is 18.2 Å². The number of likely N-dealkylation sites (N-methyl/N-ethyl adjacent to an activating group) is 1. The van der Waals surface area contributed by atoms with Gasteiger partial charge in [0.05, 0.1) is 11.3 Å². The van der Waals surface area contributed by atoms with Crippen LogP contribution in [0.25, 0.3) is 0 Å². The highest BCUT2D eigenvalue weighted by atomic mass is 16.4. The number of hydrogen-bond acceptors (Lipinski definition) is 4.